The quantitative estimate of drug-likeness (QED) is 0.595. The van der Waals surface area contributed by atoms with Crippen LogP contribution in [0.25, 0.3) is 0 Å². The predicted molar refractivity (Wildman–Crippen MR) is 127 cm³/mol. The van der Waals surface area contributed by atoms with Crippen LogP contribution in [0.5, 0.6) is 0 Å². The average molecular weight is 476 g/mol. The number of rotatable bonds is 7. The molecule has 2 aromatic rings. The third kappa shape index (κ3) is 6.57. The summed E-state index contributed by atoms with van der Waals surface area (Å²) in [6.45, 7) is 6.88. The summed E-state index contributed by atoms with van der Waals surface area (Å²) in [5, 5.41) is 2.78. The van der Waals surface area contributed by atoms with Crippen LogP contribution in [0.4, 0.5) is 5.69 Å². The highest BCUT2D eigenvalue weighted by molar-refractivity contribution is 8.00. The Bertz CT molecular complexity index is 1090. The van der Waals surface area contributed by atoms with Crippen LogP contribution in [0.3, 0.4) is 0 Å². The lowest BCUT2D eigenvalue weighted by Gasteiger charge is -2.20. The maximum atomic E-state index is 12.9. The zero-order valence-corrected chi connectivity index (χ0v) is 20.2. The van der Waals surface area contributed by atoms with E-state index < -0.39 is 15.6 Å². The minimum atomic E-state index is -3.72. The van der Waals surface area contributed by atoms with Crippen molar-refractivity contribution in [3.05, 3.63) is 54.1 Å². The molecule has 0 aliphatic carbocycles. The number of amides is 2. The maximum Gasteiger partial charge on any atom is 0.256 e. The number of thioether (sulfide) groups is 1. The minimum Gasteiger partial charge on any atom is -0.342 e. The van der Waals surface area contributed by atoms with Gasteiger partial charge in [-0.2, -0.15) is 0 Å². The number of carbonyl (C=O) groups excluding carboxylic acids is 2. The monoisotopic (exact) mass is 475 g/mol. The Hall–Kier alpha value is -2.36. The summed E-state index contributed by atoms with van der Waals surface area (Å²) in [5.41, 5.74) is 0.188. The Morgan fingerprint density at radius 3 is 2.41 bits per heavy atom. The molecule has 1 heterocycles. The average Bonchev–Trinajstić information content (AvgIpc) is 3.26. The van der Waals surface area contributed by atoms with Crippen molar-refractivity contribution in [3.8, 4) is 0 Å². The summed E-state index contributed by atoms with van der Waals surface area (Å²) in [5.74, 6) is -0.0109. The van der Waals surface area contributed by atoms with Gasteiger partial charge in [0.2, 0.25) is 15.9 Å². The Balaban J connectivity index is 1.72. The molecule has 2 N–H and O–H groups in total. The van der Waals surface area contributed by atoms with Crippen molar-refractivity contribution in [2.45, 2.75) is 48.9 Å². The van der Waals surface area contributed by atoms with Crippen LogP contribution in [-0.4, -0.2) is 49.5 Å². The molecule has 1 aliphatic rings. The molecule has 0 spiro atoms. The predicted octanol–water partition coefficient (Wildman–Crippen LogP) is 3.73. The van der Waals surface area contributed by atoms with Crippen molar-refractivity contribution in [1.82, 2.24) is 9.62 Å². The highest BCUT2D eigenvalue weighted by atomic mass is 32.2. The van der Waals surface area contributed by atoms with Crippen LogP contribution in [0.15, 0.2) is 58.3 Å². The molecule has 32 heavy (non-hydrogen) atoms. The summed E-state index contributed by atoms with van der Waals surface area (Å²) in [6, 6.07) is 13.2. The topological polar surface area (TPSA) is 95.6 Å². The summed E-state index contributed by atoms with van der Waals surface area (Å²) in [7, 11) is -3.72. The Labute approximate surface area is 194 Å². The van der Waals surface area contributed by atoms with Crippen molar-refractivity contribution >= 4 is 39.3 Å². The fourth-order valence-electron chi connectivity index (χ4n) is 3.38. The van der Waals surface area contributed by atoms with Gasteiger partial charge in [0.15, 0.2) is 0 Å². The van der Waals surface area contributed by atoms with Crippen molar-refractivity contribution in [2.75, 3.05) is 24.2 Å². The SMILES string of the molecule is CC(C)(C)NS(=O)(=O)c1cccc(NC(=O)c2ccccc2SCC(=O)N2CCCC2)c1. The molecule has 3 rings (SSSR count). The van der Waals surface area contributed by atoms with Crippen molar-refractivity contribution in [1.29, 1.82) is 0 Å². The lowest BCUT2D eigenvalue weighted by Crippen LogP contribution is -2.40. The Kier molecular flexibility index (Phi) is 7.63. The lowest BCUT2D eigenvalue weighted by atomic mass is 10.1. The van der Waals surface area contributed by atoms with Gasteiger partial charge < -0.3 is 10.2 Å². The van der Waals surface area contributed by atoms with E-state index in [-0.39, 0.29) is 22.5 Å². The van der Waals surface area contributed by atoms with E-state index in [4.69, 9.17) is 0 Å². The summed E-state index contributed by atoms with van der Waals surface area (Å²) >= 11 is 1.34. The van der Waals surface area contributed by atoms with Crippen LogP contribution in [0.2, 0.25) is 0 Å². The third-order valence-corrected chi connectivity index (χ3v) is 7.60. The highest BCUT2D eigenvalue weighted by Gasteiger charge is 2.23. The molecule has 0 radical (unpaired) electrons. The van der Waals surface area contributed by atoms with Gasteiger partial charge in [-0.25, -0.2) is 13.1 Å². The van der Waals surface area contributed by atoms with Crippen molar-refractivity contribution in [2.24, 2.45) is 0 Å². The van der Waals surface area contributed by atoms with Crippen LogP contribution >= 0.6 is 11.8 Å². The smallest absolute Gasteiger partial charge is 0.256 e. The number of likely N-dealkylation sites (tertiary alicyclic amines) is 1. The van der Waals surface area contributed by atoms with Gasteiger partial charge in [0.05, 0.1) is 16.2 Å². The molecule has 0 saturated carbocycles. The first-order valence-corrected chi connectivity index (χ1v) is 13.0. The second-order valence-corrected chi connectivity index (χ2v) is 11.4. The molecule has 2 amide bonds. The molecular formula is C23H29N3O4S2. The van der Waals surface area contributed by atoms with Gasteiger partial charge in [0, 0.05) is 29.2 Å². The van der Waals surface area contributed by atoms with Crippen LogP contribution in [-0.2, 0) is 14.8 Å². The van der Waals surface area contributed by atoms with Crippen LogP contribution < -0.4 is 10.0 Å². The van der Waals surface area contributed by atoms with E-state index in [1.165, 1.54) is 23.9 Å². The Morgan fingerprint density at radius 1 is 1.03 bits per heavy atom. The lowest BCUT2D eigenvalue weighted by molar-refractivity contribution is -0.127. The molecule has 2 aromatic carbocycles. The van der Waals surface area contributed by atoms with Gasteiger partial charge in [0.25, 0.3) is 5.91 Å². The molecule has 7 nitrogen and oxygen atoms in total. The number of sulfonamides is 1. The molecule has 0 atom stereocenters. The highest BCUT2D eigenvalue weighted by Crippen LogP contribution is 2.25. The number of benzene rings is 2. The Morgan fingerprint density at radius 2 is 1.72 bits per heavy atom. The van der Waals surface area contributed by atoms with Gasteiger partial charge >= 0.3 is 0 Å². The van der Waals surface area contributed by atoms with Gasteiger partial charge in [-0.15, -0.1) is 11.8 Å². The molecule has 0 unspecified atom stereocenters. The van der Waals surface area contributed by atoms with Gasteiger partial charge in [-0.05, 0) is 63.9 Å². The third-order valence-electron chi connectivity index (χ3n) is 4.78. The van der Waals surface area contributed by atoms with E-state index in [2.05, 4.69) is 10.0 Å². The minimum absolute atomic E-state index is 0.0732. The van der Waals surface area contributed by atoms with Gasteiger partial charge in [-0.1, -0.05) is 18.2 Å². The molecule has 1 saturated heterocycles. The second-order valence-electron chi connectivity index (χ2n) is 8.71. The number of hydrogen-bond acceptors (Lipinski definition) is 5. The van der Waals surface area contributed by atoms with E-state index in [9.17, 15) is 18.0 Å². The molecule has 9 heteroatoms. The van der Waals surface area contributed by atoms with E-state index in [0.717, 1.165) is 25.9 Å². The summed E-state index contributed by atoms with van der Waals surface area (Å²) < 4.78 is 27.8. The zero-order chi connectivity index (χ0) is 23.4. The molecular weight excluding hydrogens is 446 g/mol. The van der Waals surface area contributed by atoms with Gasteiger partial charge in [-0.3, -0.25) is 9.59 Å². The van der Waals surface area contributed by atoms with Crippen LogP contribution in [0.1, 0.15) is 44.0 Å². The molecule has 1 fully saturated rings. The normalized spacial score (nSPS) is 14.4. The molecule has 0 aromatic heterocycles. The first kappa shape index (κ1) is 24.3. The number of nitrogens with one attached hydrogen (secondary N) is 2. The van der Waals surface area contributed by atoms with E-state index in [0.29, 0.717) is 16.1 Å². The second kappa shape index (κ2) is 10.1. The largest absolute Gasteiger partial charge is 0.342 e. The summed E-state index contributed by atoms with van der Waals surface area (Å²) in [6.07, 6.45) is 2.07. The number of anilines is 1. The van der Waals surface area contributed by atoms with Crippen LogP contribution in [0, 0.1) is 0 Å². The van der Waals surface area contributed by atoms with E-state index in [1.807, 2.05) is 17.0 Å². The first-order valence-electron chi connectivity index (χ1n) is 10.5. The van der Waals surface area contributed by atoms with Crippen molar-refractivity contribution in [3.63, 3.8) is 0 Å². The fraction of sp³-hybridized carbons (Fsp3) is 0.391. The fourth-order valence-corrected chi connectivity index (χ4v) is 5.80. The molecule has 1 aliphatic heterocycles. The summed E-state index contributed by atoms with van der Waals surface area (Å²) in [4.78, 5) is 27.9. The maximum absolute atomic E-state index is 12.9. The number of carbonyl (C=O) groups is 2. The van der Waals surface area contributed by atoms with Crippen molar-refractivity contribution < 1.29 is 18.0 Å². The number of nitrogens with zero attached hydrogens (tertiary/aromatic N) is 1. The van der Waals surface area contributed by atoms with E-state index >= 15 is 0 Å². The molecule has 0 bridgehead atoms. The first-order chi connectivity index (χ1) is 15.0. The molecule has 172 valence electrons. The van der Waals surface area contributed by atoms with E-state index in [1.54, 1.807) is 45.0 Å². The standard InChI is InChI=1S/C23H29N3O4S2/c1-23(2,3)25-32(29,30)18-10-8-9-17(15-18)24-22(28)19-11-4-5-12-20(19)31-16-21(27)26-13-6-7-14-26/h4-5,8-12,15,25H,6-7,13-14,16H2,1-3H3,(H,24,28). The van der Waals surface area contributed by atoms with Gasteiger partial charge in [0.1, 0.15) is 0 Å². The zero-order valence-electron chi connectivity index (χ0n) is 18.6. The number of hydrogen-bond donors (Lipinski definition) is 2.